The van der Waals surface area contributed by atoms with Gasteiger partial charge in [-0.1, -0.05) is 6.07 Å². The Labute approximate surface area is 170 Å². The van der Waals surface area contributed by atoms with E-state index in [1.165, 1.54) is 0 Å². The van der Waals surface area contributed by atoms with Crippen molar-refractivity contribution in [2.24, 2.45) is 0 Å². The summed E-state index contributed by atoms with van der Waals surface area (Å²) in [6.45, 7) is 7.30. The molecule has 0 aliphatic carbocycles. The Morgan fingerprint density at radius 2 is 1.86 bits per heavy atom. The number of hydrogen-bond donors (Lipinski definition) is 1. The average Bonchev–Trinajstić information content (AvgIpc) is 3.13. The minimum atomic E-state index is -0.206. The Bertz CT molecular complexity index is 884. The summed E-state index contributed by atoms with van der Waals surface area (Å²) >= 11 is 0. The van der Waals surface area contributed by atoms with E-state index in [0.717, 1.165) is 50.4 Å². The number of piperazine rings is 1. The summed E-state index contributed by atoms with van der Waals surface area (Å²) in [7, 11) is 0. The maximum Gasteiger partial charge on any atom is 0.287 e. The Balaban J connectivity index is 1.52. The summed E-state index contributed by atoms with van der Waals surface area (Å²) in [5, 5.41) is 2.90. The molecule has 1 N–H and O–H groups in total. The molecule has 1 saturated heterocycles. The second-order valence-corrected chi connectivity index (χ2v) is 7.93. The molecule has 8 heteroatoms. The fourth-order valence-electron chi connectivity index (χ4n) is 4.04. The molecule has 2 aliphatic heterocycles. The van der Waals surface area contributed by atoms with E-state index in [9.17, 15) is 9.59 Å². The summed E-state index contributed by atoms with van der Waals surface area (Å²) in [6.07, 6.45) is 4.59. The normalized spacial score (nSPS) is 16.7. The van der Waals surface area contributed by atoms with Gasteiger partial charge in [-0.15, -0.1) is 0 Å². The van der Waals surface area contributed by atoms with Crippen LogP contribution < -0.4 is 10.2 Å². The number of anilines is 1. The minimum Gasteiger partial charge on any atom is -0.353 e. The van der Waals surface area contributed by atoms with Crippen molar-refractivity contribution in [2.45, 2.75) is 45.7 Å². The van der Waals surface area contributed by atoms with Gasteiger partial charge in [0.05, 0.1) is 5.69 Å². The molecule has 0 bridgehead atoms. The molecule has 2 aliphatic rings. The Morgan fingerprint density at radius 3 is 2.55 bits per heavy atom. The molecule has 154 valence electrons. The molecule has 0 radical (unpaired) electrons. The van der Waals surface area contributed by atoms with Crippen LogP contribution in [0.1, 0.15) is 53.5 Å². The summed E-state index contributed by atoms with van der Waals surface area (Å²) < 4.78 is 1.94. The predicted molar refractivity (Wildman–Crippen MR) is 110 cm³/mol. The van der Waals surface area contributed by atoms with Gasteiger partial charge < -0.3 is 19.7 Å². The quantitative estimate of drug-likeness (QED) is 0.851. The molecule has 8 nitrogen and oxygen atoms in total. The van der Waals surface area contributed by atoms with Gasteiger partial charge in [0, 0.05) is 45.0 Å². The number of pyridine rings is 1. The number of fused-ring (bicyclic) bond motifs is 1. The summed E-state index contributed by atoms with van der Waals surface area (Å²) in [5.41, 5.74) is 1.35. The molecule has 2 aromatic rings. The number of nitrogens with one attached hydrogen (secondary N) is 1. The van der Waals surface area contributed by atoms with Crippen LogP contribution in [-0.2, 0) is 13.0 Å². The monoisotopic (exact) mass is 396 g/mol. The van der Waals surface area contributed by atoms with E-state index in [2.05, 4.69) is 20.2 Å². The van der Waals surface area contributed by atoms with E-state index in [1.807, 2.05) is 41.5 Å². The van der Waals surface area contributed by atoms with Crippen LogP contribution in [0.25, 0.3) is 0 Å². The number of nitrogens with zero attached hydrogens (tertiary/aromatic N) is 5. The van der Waals surface area contributed by atoms with Crippen LogP contribution in [0, 0.1) is 0 Å². The van der Waals surface area contributed by atoms with Gasteiger partial charge in [0.25, 0.3) is 11.8 Å². The number of rotatable bonds is 4. The second kappa shape index (κ2) is 8.23. The fourth-order valence-corrected chi connectivity index (χ4v) is 4.04. The third-order valence-electron chi connectivity index (χ3n) is 5.48. The van der Waals surface area contributed by atoms with Gasteiger partial charge >= 0.3 is 0 Å². The standard InChI is InChI=1S/C21H28N6O2/c1-15(2)23-20(28)19-24-18(16-7-4-6-10-27(16)19)21(29)26-13-11-25(12-14-26)17-8-3-5-9-22-17/h3,5,8-9,15H,4,6-7,10-14H2,1-2H3,(H,23,28). The van der Waals surface area contributed by atoms with Crippen LogP contribution in [0.4, 0.5) is 5.82 Å². The lowest BCUT2D eigenvalue weighted by Crippen LogP contribution is -2.49. The molecule has 1 fully saturated rings. The molecule has 29 heavy (non-hydrogen) atoms. The number of aromatic nitrogens is 3. The molecule has 0 saturated carbocycles. The first kappa shape index (κ1) is 19.4. The van der Waals surface area contributed by atoms with E-state index in [1.54, 1.807) is 6.20 Å². The number of hydrogen-bond acceptors (Lipinski definition) is 5. The van der Waals surface area contributed by atoms with Gasteiger partial charge in [0.2, 0.25) is 0 Å². The van der Waals surface area contributed by atoms with E-state index >= 15 is 0 Å². The Kier molecular flexibility index (Phi) is 5.51. The molecule has 0 aromatic carbocycles. The molecule has 4 rings (SSSR count). The lowest BCUT2D eigenvalue weighted by Gasteiger charge is -2.35. The van der Waals surface area contributed by atoms with Crippen molar-refractivity contribution in [3.8, 4) is 0 Å². The number of carbonyl (C=O) groups excluding carboxylic acids is 2. The van der Waals surface area contributed by atoms with Crippen molar-refractivity contribution >= 4 is 17.6 Å². The minimum absolute atomic E-state index is 0.0258. The van der Waals surface area contributed by atoms with Gasteiger partial charge in [-0.25, -0.2) is 9.97 Å². The van der Waals surface area contributed by atoms with E-state index in [0.29, 0.717) is 24.6 Å². The number of amides is 2. The highest BCUT2D eigenvalue weighted by Crippen LogP contribution is 2.23. The van der Waals surface area contributed by atoms with Crippen molar-refractivity contribution in [1.29, 1.82) is 0 Å². The van der Waals surface area contributed by atoms with E-state index < -0.39 is 0 Å². The molecule has 0 atom stereocenters. The van der Waals surface area contributed by atoms with Crippen LogP contribution in [0.3, 0.4) is 0 Å². The summed E-state index contributed by atoms with van der Waals surface area (Å²) in [5.74, 6) is 1.03. The lowest BCUT2D eigenvalue weighted by molar-refractivity contribution is 0.0739. The fraction of sp³-hybridized carbons (Fsp3) is 0.524. The zero-order valence-corrected chi connectivity index (χ0v) is 17.1. The second-order valence-electron chi connectivity index (χ2n) is 7.93. The first-order valence-corrected chi connectivity index (χ1v) is 10.4. The average molecular weight is 396 g/mol. The van der Waals surface area contributed by atoms with Crippen LogP contribution in [0.2, 0.25) is 0 Å². The zero-order chi connectivity index (χ0) is 20.4. The van der Waals surface area contributed by atoms with Gasteiger partial charge in [0.1, 0.15) is 11.5 Å². The lowest BCUT2D eigenvalue weighted by atomic mass is 10.1. The predicted octanol–water partition coefficient (Wildman–Crippen LogP) is 1.71. The molecule has 4 heterocycles. The van der Waals surface area contributed by atoms with Crippen molar-refractivity contribution in [3.05, 3.63) is 41.6 Å². The van der Waals surface area contributed by atoms with E-state index in [4.69, 9.17) is 0 Å². The Morgan fingerprint density at radius 1 is 1.07 bits per heavy atom. The smallest absolute Gasteiger partial charge is 0.287 e. The van der Waals surface area contributed by atoms with Crippen LogP contribution in [0.5, 0.6) is 0 Å². The highest BCUT2D eigenvalue weighted by Gasteiger charge is 2.31. The topological polar surface area (TPSA) is 83.4 Å². The largest absolute Gasteiger partial charge is 0.353 e. The van der Waals surface area contributed by atoms with Crippen molar-refractivity contribution in [1.82, 2.24) is 24.8 Å². The first-order valence-electron chi connectivity index (χ1n) is 10.4. The maximum absolute atomic E-state index is 13.3. The van der Waals surface area contributed by atoms with Gasteiger partial charge in [-0.2, -0.15) is 0 Å². The highest BCUT2D eigenvalue weighted by atomic mass is 16.2. The van der Waals surface area contributed by atoms with E-state index in [-0.39, 0.29) is 17.9 Å². The van der Waals surface area contributed by atoms with Crippen molar-refractivity contribution < 1.29 is 9.59 Å². The third kappa shape index (κ3) is 3.97. The van der Waals surface area contributed by atoms with Crippen molar-refractivity contribution in [2.75, 3.05) is 31.1 Å². The molecular formula is C21H28N6O2. The first-order chi connectivity index (χ1) is 14.0. The molecular weight excluding hydrogens is 368 g/mol. The maximum atomic E-state index is 13.3. The highest BCUT2D eigenvalue weighted by molar-refractivity contribution is 5.97. The van der Waals surface area contributed by atoms with Crippen molar-refractivity contribution in [3.63, 3.8) is 0 Å². The third-order valence-corrected chi connectivity index (χ3v) is 5.48. The number of carbonyl (C=O) groups is 2. The summed E-state index contributed by atoms with van der Waals surface area (Å²) in [6, 6.07) is 5.89. The van der Waals surface area contributed by atoms with Gasteiger partial charge in [-0.3, -0.25) is 9.59 Å². The number of imidazole rings is 1. The van der Waals surface area contributed by atoms with Crippen LogP contribution in [-0.4, -0.2) is 63.5 Å². The summed E-state index contributed by atoms with van der Waals surface area (Å²) in [4.78, 5) is 38.8. The zero-order valence-electron chi connectivity index (χ0n) is 17.1. The molecule has 2 amide bonds. The van der Waals surface area contributed by atoms with Crippen LogP contribution >= 0.6 is 0 Å². The molecule has 0 unspecified atom stereocenters. The van der Waals surface area contributed by atoms with Gasteiger partial charge in [-0.05, 0) is 45.2 Å². The Hall–Kier alpha value is -2.90. The van der Waals surface area contributed by atoms with Gasteiger partial charge in [0.15, 0.2) is 5.82 Å². The SMILES string of the molecule is CC(C)NC(=O)c1nc(C(=O)N2CCN(c3ccccn3)CC2)c2n1CCCC2. The van der Waals surface area contributed by atoms with Crippen LogP contribution in [0.15, 0.2) is 24.4 Å². The molecule has 0 spiro atoms. The molecule has 2 aromatic heterocycles.